The van der Waals surface area contributed by atoms with Gasteiger partial charge in [-0.25, -0.2) is 4.79 Å². The van der Waals surface area contributed by atoms with Crippen molar-refractivity contribution >= 4 is 12.4 Å². The van der Waals surface area contributed by atoms with Crippen LogP contribution in [-0.4, -0.2) is 54.5 Å². The van der Waals surface area contributed by atoms with Gasteiger partial charge in [0.25, 0.3) is 0 Å². The SMILES string of the molecule is COCOC1CC2CCC(CC=O)(C1)N2C(=O)OC(C)(C)C. The molecule has 2 aliphatic heterocycles. The zero-order valence-corrected chi connectivity index (χ0v) is 14.0. The zero-order chi connectivity index (χ0) is 16.4. The van der Waals surface area contributed by atoms with Crippen LogP contribution in [0, 0.1) is 0 Å². The Kier molecular flexibility index (Phi) is 5.12. The molecular weight excluding hydrogens is 286 g/mol. The molecule has 0 aromatic rings. The van der Waals surface area contributed by atoms with Gasteiger partial charge < -0.3 is 19.0 Å². The maximum Gasteiger partial charge on any atom is 0.411 e. The number of methoxy groups -OCH3 is 1. The summed E-state index contributed by atoms with van der Waals surface area (Å²) in [4.78, 5) is 25.6. The molecule has 22 heavy (non-hydrogen) atoms. The lowest BCUT2D eigenvalue weighted by Gasteiger charge is -2.46. The first kappa shape index (κ1) is 17.2. The molecule has 2 bridgehead atoms. The second-order valence-corrected chi connectivity index (χ2v) is 7.27. The van der Waals surface area contributed by atoms with E-state index in [0.717, 1.165) is 25.5 Å². The molecule has 6 nitrogen and oxygen atoms in total. The second kappa shape index (κ2) is 6.54. The highest BCUT2D eigenvalue weighted by atomic mass is 16.7. The molecule has 3 unspecified atom stereocenters. The molecule has 2 aliphatic rings. The van der Waals surface area contributed by atoms with E-state index in [-0.39, 0.29) is 25.0 Å². The zero-order valence-electron chi connectivity index (χ0n) is 14.0. The van der Waals surface area contributed by atoms with Gasteiger partial charge >= 0.3 is 6.09 Å². The molecular formula is C16H27NO5. The monoisotopic (exact) mass is 313 g/mol. The molecule has 0 aromatic carbocycles. The molecule has 0 spiro atoms. The number of aldehydes is 1. The van der Waals surface area contributed by atoms with Crippen molar-refractivity contribution in [2.75, 3.05) is 13.9 Å². The van der Waals surface area contributed by atoms with Gasteiger partial charge in [0.1, 0.15) is 18.7 Å². The maximum absolute atomic E-state index is 12.6. The van der Waals surface area contributed by atoms with E-state index in [0.29, 0.717) is 12.8 Å². The normalized spacial score (nSPS) is 31.2. The van der Waals surface area contributed by atoms with E-state index in [9.17, 15) is 9.59 Å². The van der Waals surface area contributed by atoms with Crippen LogP contribution in [-0.2, 0) is 19.0 Å². The Hall–Kier alpha value is -1.14. The Labute approximate surface area is 132 Å². The fourth-order valence-electron chi connectivity index (χ4n) is 3.69. The van der Waals surface area contributed by atoms with Gasteiger partial charge in [0.15, 0.2) is 0 Å². The largest absolute Gasteiger partial charge is 0.444 e. The molecule has 2 fully saturated rings. The molecule has 2 rings (SSSR count). The molecule has 0 saturated carbocycles. The van der Waals surface area contributed by atoms with Crippen molar-refractivity contribution in [2.45, 2.75) is 76.2 Å². The standard InChI is InChI=1S/C16H27NO5/c1-15(2,3)22-14(19)17-12-5-6-16(17,7-8-18)10-13(9-12)21-11-20-4/h8,12-13H,5-7,9-11H2,1-4H3. The molecule has 0 aromatic heterocycles. The summed E-state index contributed by atoms with van der Waals surface area (Å²) in [6.45, 7) is 5.80. The van der Waals surface area contributed by atoms with Gasteiger partial charge in [-0.15, -0.1) is 0 Å². The molecule has 6 heteroatoms. The van der Waals surface area contributed by atoms with Crippen molar-refractivity contribution in [3.8, 4) is 0 Å². The van der Waals surface area contributed by atoms with E-state index >= 15 is 0 Å². The fraction of sp³-hybridized carbons (Fsp3) is 0.875. The number of carbonyl (C=O) groups is 2. The van der Waals surface area contributed by atoms with E-state index in [2.05, 4.69) is 0 Å². The van der Waals surface area contributed by atoms with E-state index in [1.54, 1.807) is 12.0 Å². The minimum absolute atomic E-state index is 0.0195. The summed E-state index contributed by atoms with van der Waals surface area (Å²) in [5, 5.41) is 0. The highest BCUT2D eigenvalue weighted by Crippen LogP contribution is 2.47. The lowest BCUT2D eigenvalue weighted by atomic mass is 9.84. The Balaban J connectivity index is 2.16. The minimum Gasteiger partial charge on any atom is -0.444 e. The third kappa shape index (κ3) is 3.60. The number of rotatable bonds is 5. The number of hydrogen-bond acceptors (Lipinski definition) is 5. The number of carbonyl (C=O) groups excluding carboxylic acids is 2. The molecule has 126 valence electrons. The molecule has 0 radical (unpaired) electrons. The van der Waals surface area contributed by atoms with Crippen molar-refractivity contribution < 1.29 is 23.8 Å². The van der Waals surface area contributed by atoms with E-state index in [4.69, 9.17) is 14.2 Å². The number of ether oxygens (including phenoxy) is 3. The van der Waals surface area contributed by atoms with Crippen molar-refractivity contribution in [1.29, 1.82) is 0 Å². The highest BCUT2D eigenvalue weighted by molar-refractivity contribution is 5.71. The van der Waals surface area contributed by atoms with E-state index in [1.165, 1.54) is 0 Å². The van der Waals surface area contributed by atoms with Gasteiger partial charge in [0, 0.05) is 19.6 Å². The Morgan fingerprint density at radius 3 is 2.73 bits per heavy atom. The predicted octanol–water partition coefficient (Wildman–Crippen LogP) is 2.50. The first-order valence-corrected chi connectivity index (χ1v) is 7.88. The van der Waals surface area contributed by atoms with Crippen LogP contribution >= 0.6 is 0 Å². The van der Waals surface area contributed by atoms with Crippen LogP contribution < -0.4 is 0 Å². The molecule has 0 aliphatic carbocycles. The number of fused-ring (bicyclic) bond motifs is 2. The lowest BCUT2D eigenvalue weighted by molar-refractivity contribution is -0.122. The number of hydrogen-bond donors (Lipinski definition) is 0. The summed E-state index contributed by atoms with van der Waals surface area (Å²) in [5.41, 5.74) is -1.01. The maximum atomic E-state index is 12.6. The Bertz CT molecular complexity index is 419. The Morgan fingerprint density at radius 2 is 2.14 bits per heavy atom. The van der Waals surface area contributed by atoms with E-state index in [1.807, 2.05) is 20.8 Å². The second-order valence-electron chi connectivity index (χ2n) is 7.27. The van der Waals surface area contributed by atoms with Crippen LogP contribution in [0.3, 0.4) is 0 Å². The number of piperidine rings is 1. The quantitative estimate of drug-likeness (QED) is 0.576. The smallest absolute Gasteiger partial charge is 0.411 e. The summed E-state index contributed by atoms with van der Waals surface area (Å²) >= 11 is 0. The van der Waals surface area contributed by atoms with Gasteiger partial charge in [0.2, 0.25) is 0 Å². The molecule has 1 amide bonds. The first-order valence-electron chi connectivity index (χ1n) is 7.88. The van der Waals surface area contributed by atoms with Crippen LogP contribution in [0.25, 0.3) is 0 Å². The van der Waals surface area contributed by atoms with E-state index < -0.39 is 11.1 Å². The van der Waals surface area contributed by atoms with Crippen LogP contribution in [0.1, 0.15) is 52.9 Å². The fourth-order valence-corrected chi connectivity index (χ4v) is 3.69. The number of amides is 1. The third-order valence-electron chi connectivity index (χ3n) is 4.44. The highest BCUT2D eigenvalue weighted by Gasteiger charge is 2.55. The molecule has 2 heterocycles. The predicted molar refractivity (Wildman–Crippen MR) is 80.5 cm³/mol. The summed E-state index contributed by atoms with van der Waals surface area (Å²) < 4.78 is 16.2. The lowest BCUT2D eigenvalue weighted by Crippen LogP contribution is -2.58. The van der Waals surface area contributed by atoms with Crippen molar-refractivity contribution in [3.05, 3.63) is 0 Å². The van der Waals surface area contributed by atoms with Crippen molar-refractivity contribution in [2.24, 2.45) is 0 Å². The van der Waals surface area contributed by atoms with Crippen LogP contribution in [0.5, 0.6) is 0 Å². The summed E-state index contributed by atoms with van der Waals surface area (Å²) in [6.07, 6.45) is 4.07. The average Bonchev–Trinajstić information content (AvgIpc) is 2.63. The van der Waals surface area contributed by atoms with Crippen LogP contribution in [0.15, 0.2) is 0 Å². The van der Waals surface area contributed by atoms with Crippen LogP contribution in [0.4, 0.5) is 4.79 Å². The van der Waals surface area contributed by atoms with Gasteiger partial charge in [-0.3, -0.25) is 4.90 Å². The van der Waals surface area contributed by atoms with Gasteiger partial charge in [-0.1, -0.05) is 0 Å². The van der Waals surface area contributed by atoms with Gasteiger partial charge in [-0.05, 0) is 46.5 Å². The molecule has 0 N–H and O–H groups in total. The average molecular weight is 313 g/mol. The summed E-state index contributed by atoms with van der Waals surface area (Å²) in [5.74, 6) is 0. The summed E-state index contributed by atoms with van der Waals surface area (Å²) in [6, 6.07) is 0.0745. The topological polar surface area (TPSA) is 65.1 Å². The van der Waals surface area contributed by atoms with Crippen molar-refractivity contribution in [1.82, 2.24) is 4.90 Å². The van der Waals surface area contributed by atoms with Gasteiger partial charge in [-0.2, -0.15) is 0 Å². The molecule has 3 atom stereocenters. The molecule has 2 saturated heterocycles. The third-order valence-corrected chi connectivity index (χ3v) is 4.44. The first-order chi connectivity index (χ1) is 10.3. The van der Waals surface area contributed by atoms with Crippen LogP contribution in [0.2, 0.25) is 0 Å². The number of nitrogens with zero attached hydrogens (tertiary/aromatic N) is 1. The summed E-state index contributed by atoms with van der Waals surface area (Å²) in [7, 11) is 1.59. The van der Waals surface area contributed by atoms with Gasteiger partial charge in [0.05, 0.1) is 11.6 Å². The minimum atomic E-state index is -0.539. The Morgan fingerprint density at radius 1 is 1.41 bits per heavy atom. The van der Waals surface area contributed by atoms with Crippen molar-refractivity contribution in [3.63, 3.8) is 0 Å².